The Bertz CT molecular complexity index is 753. The van der Waals surface area contributed by atoms with E-state index in [2.05, 4.69) is 19.2 Å². The normalized spacial score (nSPS) is 17.7. The van der Waals surface area contributed by atoms with Crippen LogP contribution in [0.25, 0.3) is 5.70 Å². The molecule has 4 heteroatoms. The van der Waals surface area contributed by atoms with E-state index in [1.54, 1.807) is 17.8 Å². The number of thioether (sulfide) groups is 1. The second-order valence-electron chi connectivity index (χ2n) is 5.67. The SMILES string of the molecule is CC1(C)N/C(=C\C(=O)c2ccccc2)c2ccc(Cl)cc2S1. The van der Waals surface area contributed by atoms with Crippen LogP contribution in [0.15, 0.2) is 59.5 Å². The smallest absolute Gasteiger partial charge is 0.187 e. The summed E-state index contributed by atoms with van der Waals surface area (Å²) < 4.78 is 0. The molecule has 1 heterocycles. The Balaban J connectivity index is 2.03. The summed E-state index contributed by atoms with van der Waals surface area (Å²) in [5.74, 6) is -0.00769. The summed E-state index contributed by atoms with van der Waals surface area (Å²) in [6.45, 7) is 4.17. The zero-order chi connectivity index (χ0) is 15.7. The van der Waals surface area contributed by atoms with Gasteiger partial charge in [0.2, 0.25) is 0 Å². The number of carbonyl (C=O) groups is 1. The fourth-order valence-corrected chi connectivity index (χ4v) is 3.85. The molecule has 2 nitrogen and oxygen atoms in total. The van der Waals surface area contributed by atoms with Gasteiger partial charge in [-0.25, -0.2) is 0 Å². The highest BCUT2D eigenvalue weighted by Crippen LogP contribution is 2.42. The van der Waals surface area contributed by atoms with Gasteiger partial charge in [-0.05, 0) is 26.0 Å². The van der Waals surface area contributed by atoms with E-state index in [4.69, 9.17) is 11.6 Å². The van der Waals surface area contributed by atoms with Crippen molar-refractivity contribution in [1.29, 1.82) is 0 Å². The molecule has 0 saturated heterocycles. The Labute approximate surface area is 139 Å². The van der Waals surface area contributed by atoms with Crippen LogP contribution in [0.2, 0.25) is 5.02 Å². The number of ketones is 1. The van der Waals surface area contributed by atoms with Gasteiger partial charge in [0, 0.05) is 32.8 Å². The minimum Gasteiger partial charge on any atom is -0.370 e. The molecule has 0 bridgehead atoms. The molecule has 1 N–H and O–H groups in total. The molecule has 0 amide bonds. The highest BCUT2D eigenvalue weighted by atomic mass is 35.5. The van der Waals surface area contributed by atoms with Crippen molar-refractivity contribution in [3.63, 3.8) is 0 Å². The number of benzene rings is 2. The third-order valence-corrected chi connectivity index (χ3v) is 4.77. The highest BCUT2D eigenvalue weighted by Gasteiger charge is 2.28. The summed E-state index contributed by atoms with van der Waals surface area (Å²) in [4.78, 5) is 13.3. The highest BCUT2D eigenvalue weighted by molar-refractivity contribution is 8.00. The molecule has 2 aromatic rings. The minimum absolute atomic E-state index is 0.00769. The van der Waals surface area contributed by atoms with Crippen molar-refractivity contribution in [3.8, 4) is 0 Å². The molecule has 0 aromatic heterocycles. The van der Waals surface area contributed by atoms with E-state index in [1.807, 2.05) is 48.5 Å². The van der Waals surface area contributed by atoms with Crippen molar-refractivity contribution in [2.24, 2.45) is 0 Å². The zero-order valence-corrected chi connectivity index (χ0v) is 14.0. The number of fused-ring (bicyclic) bond motifs is 1. The van der Waals surface area contributed by atoms with Gasteiger partial charge in [-0.2, -0.15) is 0 Å². The lowest BCUT2D eigenvalue weighted by atomic mass is 10.1. The molecule has 22 heavy (non-hydrogen) atoms. The van der Waals surface area contributed by atoms with E-state index in [1.165, 1.54) is 0 Å². The van der Waals surface area contributed by atoms with E-state index < -0.39 is 0 Å². The number of rotatable bonds is 2. The molecular weight excluding hydrogens is 314 g/mol. The van der Waals surface area contributed by atoms with Crippen molar-refractivity contribution >= 4 is 34.8 Å². The Kier molecular flexibility index (Phi) is 4.02. The molecule has 0 aliphatic carbocycles. The van der Waals surface area contributed by atoms with E-state index in [0.29, 0.717) is 10.6 Å². The second kappa shape index (κ2) is 5.82. The maximum Gasteiger partial charge on any atom is 0.187 e. The number of hydrogen-bond acceptors (Lipinski definition) is 3. The Morgan fingerprint density at radius 2 is 1.91 bits per heavy atom. The fraction of sp³-hybridized carbons (Fsp3) is 0.167. The molecule has 0 unspecified atom stereocenters. The molecular formula is C18H16ClNOS. The average Bonchev–Trinajstić information content (AvgIpc) is 2.46. The molecule has 2 aromatic carbocycles. The van der Waals surface area contributed by atoms with E-state index in [9.17, 15) is 4.79 Å². The van der Waals surface area contributed by atoms with Crippen LogP contribution in [0.4, 0.5) is 0 Å². The topological polar surface area (TPSA) is 29.1 Å². The summed E-state index contributed by atoms with van der Waals surface area (Å²) in [5, 5.41) is 4.14. The summed E-state index contributed by atoms with van der Waals surface area (Å²) in [6, 6.07) is 15.0. The number of nitrogens with one attached hydrogen (secondary N) is 1. The Hall–Kier alpha value is -1.71. The van der Waals surface area contributed by atoms with Crippen molar-refractivity contribution in [1.82, 2.24) is 5.32 Å². The predicted molar refractivity (Wildman–Crippen MR) is 93.3 cm³/mol. The van der Waals surface area contributed by atoms with Crippen LogP contribution in [0, 0.1) is 0 Å². The van der Waals surface area contributed by atoms with Gasteiger partial charge >= 0.3 is 0 Å². The molecule has 0 radical (unpaired) electrons. The lowest BCUT2D eigenvalue weighted by Crippen LogP contribution is -2.37. The maximum atomic E-state index is 12.5. The zero-order valence-electron chi connectivity index (χ0n) is 12.4. The molecule has 112 valence electrons. The van der Waals surface area contributed by atoms with Crippen molar-refractivity contribution in [2.45, 2.75) is 23.6 Å². The molecule has 0 fully saturated rings. The van der Waals surface area contributed by atoms with Gasteiger partial charge < -0.3 is 5.32 Å². The quantitative estimate of drug-likeness (QED) is 0.621. The molecule has 1 aliphatic heterocycles. The van der Waals surface area contributed by atoms with Crippen LogP contribution < -0.4 is 5.32 Å². The second-order valence-corrected chi connectivity index (χ2v) is 7.77. The molecule has 0 atom stereocenters. The Morgan fingerprint density at radius 3 is 2.64 bits per heavy atom. The number of allylic oxidation sites excluding steroid dienone is 1. The van der Waals surface area contributed by atoms with Gasteiger partial charge in [0.15, 0.2) is 5.78 Å². The largest absolute Gasteiger partial charge is 0.370 e. The summed E-state index contributed by atoms with van der Waals surface area (Å²) in [7, 11) is 0. The van der Waals surface area contributed by atoms with Crippen LogP contribution >= 0.6 is 23.4 Å². The number of halogens is 1. The van der Waals surface area contributed by atoms with Crippen LogP contribution in [-0.4, -0.2) is 10.7 Å². The van der Waals surface area contributed by atoms with Gasteiger partial charge in [-0.15, -0.1) is 0 Å². The van der Waals surface area contributed by atoms with Gasteiger partial charge in [0.25, 0.3) is 0 Å². The number of hydrogen-bond donors (Lipinski definition) is 1. The van der Waals surface area contributed by atoms with Crippen molar-refractivity contribution < 1.29 is 4.79 Å². The first kappa shape index (κ1) is 15.2. The third-order valence-electron chi connectivity index (χ3n) is 3.37. The third kappa shape index (κ3) is 3.21. The van der Waals surface area contributed by atoms with Crippen LogP contribution in [0.3, 0.4) is 0 Å². The molecule has 0 saturated carbocycles. The molecule has 0 spiro atoms. The summed E-state index contributed by atoms with van der Waals surface area (Å²) in [5.41, 5.74) is 2.53. The van der Waals surface area contributed by atoms with Crippen LogP contribution in [0.5, 0.6) is 0 Å². The minimum atomic E-state index is -0.194. The van der Waals surface area contributed by atoms with Crippen LogP contribution in [0.1, 0.15) is 29.8 Å². The van der Waals surface area contributed by atoms with Gasteiger partial charge in [0.05, 0.1) is 4.87 Å². The van der Waals surface area contributed by atoms with Gasteiger partial charge in [0.1, 0.15) is 0 Å². The first-order chi connectivity index (χ1) is 10.4. The lowest BCUT2D eigenvalue weighted by Gasteiger charge is -2.34. The monoisotopic (exact) mass is 329 g/mol. The van der Waals surface area contributed by atoms with Gasteiger partial charge in [-0.1, -0.05) is 59.8 Å². The predicted octanol–water partition coefficient (Wildman–Crippen LogP) is 5.00. The summed E-state index contributed by atoms with van der Waals surface area (Å²) in [6.07, 6.45) is 1.67. The van der Waals surface area contributed by atoms with Crippen molar-refractivity contribution in [3.05, 3.63) is 70.8 Å². The first-order valence-electron chi connectivity index (χ1n) is 7.03. The van der Waals surface area contributed by atoms with E-state index >= 15 is 0 Å². The first-order valence-corrected chi connectivity index (χ1v) is 8.22. The van der Waals surface area contributed by atoms with E-state index in [-0.39, 0.29) is 10.7 Å². The molecule has 1 aliphatic rings. The number of carbonyl (C=O) groups excluding carboxylic acids is 1. The van der Waals surface area contributed by atoms with Gasteiger partial charge in [-0.3, -0.25) is 4.79 Å². The maximum absolute atomic E-state index is 12.5. The standard InChI is InChI=1S/C18H16ClNOS/c1-18(2)20-15(11-16(21)12-6-4-3-5-7-12)14-9-8-13(19)10-17(14)22-18/h3-11,20H,1-2H3/b15-11-. The van der Waals surface area contributed by atoms with Crippen molar-refractivity contribution in [2.75, 3.05) is 0 Å². The Morgan fingerprint density at radius 1 is 1.18 bits per heavy atom. The lowest BCUT2D eigenvalue weighted by molar-refractivity contribution is 0.104. The van der Waals surface area contributed by atoms with Crippen LogP contribution in [-0.2, 0) is 0 Å². The summed E-state index contributed by atoms with van der Waals surface area (Å²) >= 11 is 7.81. The fourth-order valence-electron chi connectivity index (χ4n) is 2.43. The molecule has 3 rings (SSSR count). The average molecular weight is 330 g/mol. The van der Waals surface area contributed by atoms with E-state index in [0.717, 1.165) is 16.2 Å².